The van der Waals surface area contributed by atoms with Gasteiger partial charge in [-0.25, -0.2) is 9.36 Å². The van der Waals surface area contributed by atoms with E-state index in [4.69, 9.17) is 9.05 Å². The second kappa shape index (κ2) is 11.3. The summed E-state index contributed by atoms with van der Waals surface area (Å²) in [5, 5.41) is 0. The first-order chi connectivity index (χ1) is 12.4. The molecule has 0 bridgehead atoms. The number of hydrogen-bond acceptors (Lipinski definition) is 6. The van der Waals surface area contributed by atoms with Crippen molar-refractivity contribution in [3.8, 4) is 11.5 Å². The van der Waals surface area contributed by atoms with Crippen LogP contribution in [0, 0.1) is 0 Å². The van der Waals surface area contributed by atoms with E-state index in [1.54, 1.807) is 60.7 Å². The SMILES string of the molecule is O=P([O-])(Oc1ccccc1)Oc1ccccc1.O=c1[nH]cc(Br)c(=O)[nH]1.[Na+]. The van der Waals surface area contributed by atoms with Crippen molar-refractivity contribution >= 4 is 23.8 Å². The molecule has 1 heterocycles. The van der Waals surface area contributed by atoms with Crippen LogP contribution in [0.25, 0.3) is 0 Å². The number of nitrogens with one attached hydrogen (secondary N) is 2. The minimum absolute atomic E-state index is 0. The second-order valence-electron chi connectivity index (χ2n) is 4.68. The zero-order valence-corrected chi connectivity index (χ0v) is 18.6. The summed E-state index contributed by atoms with van der Waals surface area (Å²) in [5.41, 5.74) is -0.915. The smallest absolute Gasteiger partial charge is 0.736 e. The third-order valence-corrected chi connectivity index (χ3v) is 4.15. The van der Waals surface area contributed by atoms with Gasteiger partial charge in [0.25, 0.3) is 5.56 Å². The van der Waals surface area contributed by atoms with Gasteiger partial charge in [0.1, 0.15) is 11.5 Å². The molecule has 27 heavy (non-hydrogen) atoms. The second-order valence-corrected chi connectivity index (χ2v) is 6.79. The first-order valence-electron chi connectivity index (χ1n) is 7.13. The number of rotatable bonds is 4. The van der Waals surface area contributed by atoms with Gasteiger partial charge in [0.15, 0.2) is 0 Å². The molecule has 0 unspecified atom stereocenters. The van der Waals surface area contributed by atoms with Crippen LogP contribution in [0.3, 0.4) is 0 Å². The molecule has 0 fully saturated rings. The monoisotopic (exact) mass is 462 g/mol. The van der Waals surface area contributed by atoms with Crippen LogP contribution in [0.5, 0.6) is 11.5 Å². The van der Waals surface area contributed by atoms with Crippen LogP contribution in [0.2, 0.25) is 0 Å². The number of hydrogen-bond donors (Lipinski definition) is 2. The van der Waals surface area contributed by atoms with E-state index in [1.807, 2.05) is 4.98 Å². The summed E-state index contributed by atoms with van der Waals surface area (Å²) < 4.78 is 21.4. The third-order valence-electron chi connectivity index (χ3n) is 2.69. The Morgan fingerprint density at radius 1 is 0.889 bits per heavy atom. The average molecular weight is 463 g/mol. The molecule has 0 aliphatic rings. The van der Waals surface area contributed by atoms with Crippen molar-refractivity contribution < 1.29 is 48.1 Å². The van der Waals surface area contributed by atoms with E-state index >= 15 is 0 Å². The maximum atomic E-state index is 11.6. The number of phosphoric ester groups is 1. The van der Waals surface area contributed by atoms with Crippen LogP contribution < -0.4 is 54.7 Å². The molecular weight excluding hydrogens is 450 g/mol. The van der Waals surface area contributed by atoms with Crippen molar-refractivity contribution in [3.05, 3.63) is 92.2 Å². The number of halogens is 1. The van der Waals surface area contributed by atoms with Crippen molar-refractivity contribution in [3.63, 3.8) is 0 Å². The van der Waals surface area contributed by atoms with Gasteiger partial charge in [-0.05, 0) is 40.2 Å². The summed E-state index contributed by atoms with van der Waals surface area (Å²) in [4.78, 5) is 36.7. The van der Waals surface area contributed by atoms with Crippen LogP contribution in [0.1, 0.15) is 0 Å². The predicted molar refractivity (Wildman–Crippen MR) is 97.1 cm³/mol. The Morgan fingerprint density at radius 3 is 1.70 bits per heavy atom. The largest absolute Gasteiger partial charge is 1.00 e. The minimum atomic E-state index is -4.39. The molecule has 0 spiro atoms. The van der Waals surface area contributed by atoms with E-state index in [1.165, 1.54) is 6.20 Å². The Balaban J connectivity index is 0.000000310. The number of phosphoric acid groups is 1. The zero-order valence-electron chi connectivity index (χ0n) is 14.1. The number of aromatic nitrogens is 2. The quantitative estimate of drug-likeness (QED) is 0.395. The molecule has 136 valence electrons. The normalized spacial score (nSPS) is 10.0. The molecule has 0 aliphatic heterocycles. The third kappa shape index (κ3) is 8.75. The van der Waals surface area contributed by atoms with E-state index in [-0.39, 0.29) is 41.1 Å². The molecule has 3 aromatic rings. The molecule has 0 saturated carbocycles. The van der Waals surface area contributed by atoms with Gasteiger partial charge in [-0.2, -0.15) is 0 Å². The molecule has 11 heteroatoms. The molecule has 2 N–H and O–H groups in total. The maximum Gasteiger partial charge on any atom is 1.00 e. The average Bonchev–Trinajstić information content (AvgIpc) is 2.60. The van der Waals surface area contributed by atoms with Gasteiger partial charge in [0.05, 0.1) is 4.47 Å². The molecule has 2 aromatic carbocycles. The molecule has 0 saturated heterocycles. The number of aromatic amines is 2. The first kappa shape index (κ1) is 23.4. The van der Waals surface area contributed by atoms with Crippen LogP contribution >= 0.6 is 23.8 Å². The zero-order chi connectivity index (χ0) is 19.0. The summed E-state index contributed by atoms with van der Waals surface area (Å²) in [7, 11) is -4.39. The van der Waals surface area contributed by atoms with Crippen molar-refractivity contribution in [2.45, 2.75) is 0 Å². The van der Waals surface area contributed by atoms with Gasteiger partial charge in [-0.15, -0.1) is 0 Å². The summed E-state index contributed by atoms with van der Waals surface area (Å²) in [6, 6.07) is 16.4. The molecule has 3 rings (SSSR count). The fourth-order valence-electron chi connectivity index (χ4n) is 1.63. The standard InChI is InChI=1S/C12H11O4P.C4H3BrN2O2.Na/c13-17(14,15-11-7-3-1-4-8-11)16-12-9-5-2-6-10-12;5-2-1-6-4(9)7-3(2)8;/h1-10H,(H,13,14);1H,(H2,6,7,8,9);/q;;+1/p-1. The van der Waals surface area contributed by atoms with E-state index in [2.05, 4.69) is 20.9 Å². The van der Waals surface area contributed by atoms with Gasteiger partial charge in [-0.3, -0.25) is 9.78 Å². The summed E-state index contributed by atoms with van der Waals surface area (Å²) in [6.07, 6.45) is 1.29. The Morgan fingerprint density at radius 2 is 1.33 bits per heavy atom. The summed E-state index contributed by atoms with van der Waals surface area (Å²) in [5.74, 6) is 0.448. The van der Waals surface area contributed by atoms with E-state index < -0.39 is 19.1 Å². The summed E-state index contributed by atoms with van der Waals surface area (Å²) >= 11 is 2.92. The van der Waals surface area contributed by atoms with Gasteiger partial charge >= 0.3 is 43.1 Å². The fourth-order valence-corrected chi connectivity index (χ4v) is 2.64. The molecule has 8 nitrogen and oxygen atoms in total. The Kier molecular flexibility index (Phi) is 9.79. The van der Waals surface area contributed by atoms with Gasteiger partial charge in [0.2, 0.25) is 0 Å². The van der Waals surface area contributed by atoms with Gasteiger partial charge < -0.3 is 18.9 Å². The first-order valence-corrected chi connectivity index (χ1v) is 9.39. The minimum Gasteiger partial charge on any atom is -0.736 e. The Bertz CT molecular complexity index is 951. The van der Waals surface area contributed by atoms with Crippen molar-refractivity contribution in [2.24, 2.45) is 0 Å². The van der Waals surface area contributed by atoms with E-state index in [0.717, 1.165) is 0 Å². The number of benzene rings is 2. The number of para-hydroxylation sites is 2. The van der Waals surface area contributed by atoms with Crippen molar-refractivity contribution in [1.82, 2.24) is 9.97 Å². The molecule has 0 aliphatic carbocycles. The van der Waals surface area contributed by atoms with Crippen molar-refractivity contribution in [2.75, 3.05) is 0 Å². The van der Waals surface area contributed by atoms with Crippen LogP contribution in [-0.2, 0) is 4.57 Å². The topological polar surface area (TPSA) is 124 Å². The fraction of sp³-hybridized carbons (Fsp3) is 0. The molecule has 0 atom stereocenters. The van der Waals surface area contributed by atoms with Gasteiger partial charge in [0, 0.05) is 6.20 Å². The van der Waals surface area contributed by atoms with Crippen LogP contribution in [0.4, 0.5) is 0 Å². The molecule has 0 amide bonds. The molecule has 1 aromatic heterocycles. The van der Waals surface area contributed by atoms with Crippen LogP contribution in [-0.4, -0.2) is 9.97 Å². The summed E-state index contributed by atoms with van der Waals surface area (Å²) in [6.45, 7) is 0. The van der Waals surface area contributed by atoms with E-state index in [0.29, 0.717) is 4.47 Å². The molecular formula is C16H13BrN2NaO6P. The van der Waals surface area contributed by atoms with Crippen molar-refractivity contribution in [1.29, 1.82) is 0 Å². The Hall–Kier alpha value is -1.61. The maximum absolute atomic E-state index is 11.6. The van der Waals surface area contributed by atoms with Gasteiger partial charge in [-0.1, -0.05) is 36.4 Å². The Labute approximate surface area is 184 Å². The number of H-pyrrole nitrogens is 2. The molecule has 0 radical (unpaired) electrons. The van der Waals surface area contributed by atoms with Crippen LogP contribution in [0.15, 0.2) is 80.9 Å². The van der Waals surface area contributed by atoms with E-state index in [9.17, 15) is 19.0 Å². The predicted octanol–water partition coefficient (Wildman–Crippen LogP) is -0.558.